The van der Waals surface area contributed by atoms with Crippen molar-refractivity contribution in [3.8, 4) is 0 Å². The maximum Gasteiger partial charge on any atom is 0.159 e. The minimum atomic E-state index is -1.01. The Morgan fingerprint density at radius 3 is 2.44 bits per heavy atom. The summed E-state index contributed by atoms with van der Waals surface area (Å²) in [5, 5.41) is 0. The lowest BCUT2D eigenvalue weighted by molar-refractivity contribution is 0.501. The first-order valence-corrected chi connectivity index (χ1v) is 5.14. The highest BCUT2D eigenvalue weighted by molar-refractivity contribution is 5.31. The van der Waals surface area contributed by atoms with Crippen LogP contribution >= 0.6 is 0 Å². The number of hydrogen-bond acceptors (Lipinski definition) is 3. The fraction of sp³-hybridized carbons (Fsp3) is 0.0833. The highest BCUT2D eigenvalue weighted by atomic mass is 19.2. The molecule has 1 unspecified atom stereocenters. The van der Waals surface area contributed by atoms with Gasteiger partial charge in [-0.05, 0) is 23.8 Å². The van der Waals surface area contributed by atoms with Crippen LogP contribution in [0.2, 0.25) is 0 Å². The number of pyridine rings is 1. The van der Waals surface area contributed by atoms with Gasteiger partial charge in [0.15, 0.2) is 11.6 Å². The summed E-state index contributed by atoms with van der Waals surface area (Å²) < 4.78 is 39.5. The molecule has 3 N–H and O–H groups in total. The predicted molar refractivity (Wildman–Crippen MR) is 59.7 cm³/mol. The van der Waals surface area contributed by atoms with Crippen LogP contribution in [0.3, 0.4) is 0 Å². The highest BCUT2D eigenvalue weighted by Crippen LogP contribution is 2.24. The Bertz CT molecular complexity index is 560. The Hall–Kier alpha value is -1.92. The molecule has 2 rings (SSSR count). The molecular formula is C12H10F3N3. The first-order valence-electron chi connectivity index (χ1n) is 5.14. The molecule has 0 fully saturated rings. The molecule has 0 bridgehead atoms. The maximum atomic E-state index is 13.6. The Kier molecular flexibility index (Phi) is 3.59. The minimum absolute atomic E-state index is 0.207. The third-order valence-electron chi connectivity index (χ3n) is 2.56. The molecule has 0 aliphatic rings. The molecule has 0 aliphatic heterocycles. The van der Waals surface area contributed by atoms with Gasteiger partial charge in [0.1, 0.15) is 5.82 Å². The molecule has 0 radical (unpaired) electrons. The molecule has 0 saturated carbocycles. The van der Waals surface area contributed by atoms with Crippen LogP contribution < -0.4 is 11.3 Å². The molecule has 0 spiro atoms. The Balaban J connectivity index is 2.45. The normalized spacial score (nSPS) is 12.4. The van der Waals surface area contributed by atoms with E-state index in [1.807, 2.05) is 0 Å². The molecule has 94 valence electrons. The molecule has 6 heteroatoms. The van der Waals surface area contributed by atoms with E-state index >= 15 is 0 Å². The Labute approximate surface area is 101 Å². The summed E-state index contributed by atoms with van der Waals surface area (Å²) in [5.41, 5.74) is 2.89. The standard InChI is InChI=1S/C12H10F3N3/c13-9-2-1-7(5-10(9)14)12(18-16)8-3-4-17-6-11(8)15/h1-6,12,18H,16H2. The number of hydrazine groups is 1. The van der Waals surface area contributed by atoms with Gasteiger partial charge in [-0.2, -0.15) is 0 Å². The largest absolute Gasteiger partial charge is 0.271 e. The summed E-state index contributed by atoms with van der Waals surface area (Å²) in [4.78, 5) is 3.61. The average Bonchev–Trinajstić information content (AvgIpc) is 2.37. The summed E-state index contributed by atoms with van der Waals surface area (Å²) in [6.45, 7) is 0. The van der Waals surface area contributed by atoms with Gasteiger partial charge in [-0.15, -0.1) is 0 Å². The average molecular weight is 253 g/mol. The van der Waals surface area contributed by atoms with Crippen molar-refractivity contribution in [2.24, 2.45) is 5.84 Å². The minimum Gasteiger partial charge on any atom is -0.271 e. The van der Waals surface area contributed by atoms with Crippen LogP contribution in [0.1, 0.15) is 17.2 Å². The fourth-order valence-corrected chi connectivity index (χ4v) is 1.68. The summed E-state index contributed by atoms with van der Waals surface area (Å²) in [5.74, 6) is 2.78. The van der Waals surface area contributed by atoms with Crippen LogP contribution in [-0.4, -0.2) is 4.98 Å². The zero-order chi connectivity index (χ0) is 13.1. The van der Waals surface area contributed by atoms with Crippen LogP contribution in [0, 0.1) is 17.5 Å². The maximum absolute atomic E-state index is 13.6. The number of nitrogens with zero attached hydrogens (tertiary/aromatic N) is 1. The van der Waals surface area contributed by atoms with Crippen molar-refractivity contribution in [2.75, 3.05) is 0 Å². The van der Waals surface area contributed by atoms with Gasteiger partial charge in [-0.25, -0.2) is 18.6 Å². The topological polar surface area (TPSA) is 50.9 Å². The molecule has 1 atom stereocenters. The molecule has 1 aromatic carbocycles. The number of nitrogens with two attached hydrogens (primary N) is 1. The molecule has 1 aromatic heterocycles. The quantitative estimate of drug-likeness (QED) is 0.650. The first-order chi connectivity index (χ1) is 8.63. The van der Waals surface area contributed by atoms with E-state index in [0.717, 1.165) is 18.3 Å². The SMILES string of the molecule is NNC(c1ccc(F)c(F)c1)c1ccncc1F. The third-order valence-corrected chi connectivity index (χ3v) is 2.56. The van der Waals surface area contributed by atoms with Crippen LogP contribution in [0.4, 0.5) is 13.2 Å². The molecule has 0 aliphatic carbocycles. The van der Waals surface area contributed by atoms with Gasteiger partial charge in [0.25, 0.3) is 0 Å². The van der Waals surface area contributed by atoms with E-state index in [9.17, 15) is 13.2 Å². The fourth-order valence-electron chi connectivity index (χ4n) is 1.68. The second-order valence-corrected chi connectivity index (χ2v) is 3.67. The third kappa shape index (κ3) is 2.34. The van der Waals surface area contributed by atoms with Crippen LogP contribution in [0.25, 0.3) is 0 Å². The number of halogens is 3. The zero-order valence-electron chi connectivity index (χ0n) is 9.20. The number of nitrogens with one attached hydrogen (secondary N) is 1. The van der Waals surface area contributed by atoms with Crippen molar-refractivity contribution in [2.45, 2.75) is 6.04 Å². The number of benzene rings is 1. The van der Waals surface area contributed by atoms with Gasteiger partial charge >= 0.3 is 0 Å². The lowest BCUT2D eigenvalue weighted by atomic mass is 10.00. The van der Waals surface area contributed by atoms with E-state index in [2.05, 4.69) is 10.4 Å². The van der Waals surface area contributed by atoms with Gasteiger partial charge < -0.3 is 0 Å². The molecule has 1 heterocycles. The highest BCUT2D eigenvalue weighted by Gasteiger charge is 2.17. The van der Waals surface area contributed by atoms with E-state index in [4.69, 9.17) is 5.84 Å². The van der Waals surface area contributed by atoms with Crippen LogP contribution in [-0.2, 0) is 0 Å². The van der Waals surface area contributed by atoms with Crippen molar-refractivity contribution in [1.29, 1.82) is 0 Å². The monoisotopic (exact) mass is 253 g/mol. The summed E-state index contributed by atoms with van der Waals surface area (Å²) >= 11 is 0. The number of hydrogen-bond donors (Lipinski definition) is 2. The Morgan fingerprint density at radius 2 is 1.83 bits per heavy atom. The lowest BCUT2D eigenvalue weighted by Crippen LogP contribution is -2.29. The van der Waals surface area contributed by atoms with Crippen LogP contribution in [0.5, 0.6) is 0 Å². The number of aromatic nitrogens is 1. The van der Waals surface area contributed by atoms with Crippen molar-refractivity contribution < 1.29 is 13.2 Å². The van der Waals surface area contributed by atoms with E-state index in [-0.39, 0.29) is 5.56 Å². The van der Waals surface area contributed by atoms with E-state index in [0.29, 0.717) is 5.56 Å². The van der Waals surface area contributed by atoms with Crippen LogP contribution in [0.15, 0.2) is 36.7 Å². The molecule has 2 aromatic rings. The van der Waals surface area contributed by atoms with Crippen molar-refractivity contribution in [3.63, 3.8) is 0 Å². The van der Waals surface area contributed by atoms with Gasteiger partial charge in [-0.3, -0.25) is 10.8 Å². The lowest BCUT2D eigenvalue weighted by Gasteiger charge is -2.17. The van der Waals surface area contributed by atoms with Crippen molar-refractivity contribution in [3.05, 3.63) is 65.2 Å². The molecule has 18 heavy (non-hydrogen) atoms. The van der Waals surface area contributed by atoms with E-state index in [1.54, 1.807) is 0 Å². The van der Waals surface area contributed by atoms with Gasteiger partial charge in [0.2, 0.25) is 0 Å². The first kappa shape index (κ1) is 12.5. The molecule has 0 saturated heterocycles. The zero-order valence-corrected chi connectivity index (χ0v) is 9.20. The summed E-state index contributed by atoms with van der Waals surface area (Å²) in [6, 6.07) is 3.92. The number of rotatable bonds is 3. The van der Waals surface area contributed by atoms with Gasteiger partial charge in [0.05, 0.1) is 12.2 Å². The molecule has 3 nitrogen and oxygen atoms in total. The second-order valence-electron chi connectivity index (χ2n) is 3.67. The second kappa shape index (κ2) is 5.16. The summed E-state index contributed by atoms with van der Waals surface area (Å²) in [6.07, 6.45) is 2.42. The van der Waals surface area contributed by atoms with Crippen molar-refractivity contribution >= 4 is 0 Å². The Morgan fingerprint density at radius 1 is 1.06 bits per heavy atom. The van der Waals surface area contributed by atoms with Crippen molar-refractivity contribution in [1.82, 2.24) is 10.4 Å². The van der Waals surface area contributed by atoms with Gasteiger partial charge in [0, 0.05) is 11.8 Å². The van der Waals surface area contributed by atoms with E-state index < -0.39 is 23.5 Å². The predicted octanol–water partition coefficient (Wildman–Crippen LogP) is 2.05. The van der Waals surface area contributed by atoms with Gasteiger partial charge in [-0.1, -0.05) is 6.07 Å². The smallest absolute Gasteiger partial charge is 0.159 e. The van der Waals surface area contributed by atoms with E-state index in [1.165, 1.54) is 18.3 Å². The summed E-state index contributed by atoms with van der Waals surface area (Å²) in [7, 11) is 0. The molecule has 0 amide bonds. The molecular weight excluding hydrogens is 243 g/mol.